The highest BCUT2D eigenvalue weighted by Gasteiger charge is 2.28. The summed E-state index contributed by atoms with van der Waals surface area (Å²) >= 11 is 0. The Balaban J connectivity index is 1.37. The van der Waals surface area contributed by atoms with Crippen molar-refractivity contribution >= 4 is 43.6 Å². The van der Waals surface area contributed by atoms with Gasteiger partial charge in [-0.2, -0.15) is 4.72 Å². The first-order valence-electron chi connectivity index (χ1n) is 12.7. The van der Waals surface area contributed by atoms with Crippen molar-refractivity contribution in [2.45, 2.75) is 30.2 Å². The summed E-state index contributed by atoms with van der Waals surface area (Å²) in [6.07, 6.45) is 3.79. The molecule has 1 fully saturated rings. The van der Waals surface area contributed by atoms with E-state index in [4.69, 9.17) is 11.1 Å². The zero-order valence-corrected chi connectivity index (χ0v) is 21.8. The molecule has 2 heterocycles. The van der Waals surface area contributed by atoms with Gasteiger partial charge in [0.25, 0.3) is 0 Å². The summed E-state index contributed by atoms with van der Waals surface area (Å²) in [5, 5.41) is 13.4. The summed E-state index contributed by atoms with van der Waals surface area (Å²) in [4.78, 5) is 18.6. The fourth-order valence-electron chi connectivity index (χ4n) is 5.12. The van der Waals surface area contributed by atoms with Gasteiger partial charge in [0.15, 0.2) is 5.96 Å². The number of rotatable bonds is 8. The van der Waals surface area contributed by atoms with Gasteiger partial charge in [0.1, 0.15) is 6.04 Å². The van der Waals surface area contributed by atoms with Crippen LogP contribution in [0.2, 0.25) is 0 Å². The number of likely N-dealkylation sites (tertiary alicyclic amines) is 1. The van der Waals surface area contributed by atoms with Crippen molar-refractivity contribution in [3.63, 3.8) is 0 Å². The number of benzene rings is 3. The molecule has 0 radical (unpaired) electrons. The number of piperidine rings is 1. The molecular weight excluding hydrogens is 500 g/mol. The Morgan fingerprint density at radius 3 is 2.68 bits per heavy atom. The Bertz CT molecular complexity index is 1580. The molecule has 9 nitrogen and oxygen atoms in total. The molecule has 4 aromatic rings. The summed E-state index contributed by atoms with van der Waals surface area (Å²) < 4.78 is 29.6. The highest BCUT2D eigenvalue weighted by atomic mass is 32.2. The number of hydrogen-bond donors (Lipinski definition) is 5. The highest BCUT2D eigenvalue weighted by molar-refractivity contribution is 7.89. The number of nitrogens with two attached hydrogens (primary N) is 1. The van der Waals surface area contributed by atoms with E-state index in [1.54, 1.807) is 23.1 Å². The van der Waals surface area contributed by atoms with Crippen LogP contribution in [-0.2, 0) is 21.2 Å². The van der Waals surface area contributed by atoms with Gasteiger partial charge in [0.2, 0.25) is 15.9 Å². The molecule has 0 aliphatic carbocycles. The lowest BCUT2D eigenvalue weighted by Gasteiger charge is -2.33. The van der Waals surface area contributed by atoms with E-state index in [2.05, 4.69) is 15.0 Å². The first kappa shape index (κ1) is 25.7. The standard InChI is InChI=1S/C28H32N6O3S/c29-28(30)34-13-5-6-19(18-34)16-32-27(35)26(15-22-17-31-25-10-4-3-9-24(22)25)33-38(36,37)23-12-11-20-7-1-2-8-21(20)14-23/h1-4,7-12,14,17,19,26,31,33H,5-6,13,15-16,18H2,(H3,29,30)(H,32,35)/t19-,26+/m0/s1. The van der Waals surface area contributed by atoms with E-state index in [9.17, 15) is 13.2 Å². The molecule has 0 spiro atoms. The van der Waals surface area contributed by atoms with Crippen LogP contribution in [0, 0.1) is 11.3 Å². The minimum Gasteiger partial charge on any atom is -0.370 e. The maximum atomic E-state index is 13.5. The molecule has 0 unspecified atom stereocenters. The van der Waals surface area contributed by atoms with Crippen LogP contribution >= 0.6 is 0 Å². The average Bonchev–Trinajstić information content (AvgIpc) is 3.34. The Kier molecular flexibility index (Phi) is 7.35. The van der Waals surface area contributed by atoms with Crippen molar-refractivity contribution in [3.05, 3.63) is 78.5 Å². The van der Waals surface area contributed by atoms with Gasteiger partial charge >= 0.3 is 0 Å². The number of amides is 1. The van der Waals surface area contributed by atoms with Gasteiger partial charge in [-0.1, -0.05) is 48.5 Å². The van der Waals surface area contributed by atoms with Crippen molar-refractivity contribution in [1.29, 1.82) is 5.41 Å². The topological polar surface area (TPSA) is 144 Å². The summed E-state index contributed by atoms with van der Waals surface area (Å²) in [5.74, 6) is -0.233. The smallest absolute Gasteiger partial charge is 0.241 e. The second-order valence-corrected chi connectivity index (χ2v) is 11.5. The van der Waals surface area contributed by atoms with Crippen LogP contribution in [0.5, 0.6) is 0 Å². The van der Waals surface area contributed by atoms with E-state index in [0.29, 0.717) is 13.1 Å². The van der Waals surface area contributed by atoms with Crippen molar-refractivity contribution < 1.29 is 13.2 Å². The molecule has 5 rings (SSSR count). The number of carbonyl (C=O) groups excluding carboxylic acids is 1. The third kappa shape index (κ3) is 5.66. The fourth-order valence-corrected chi connectivity index (χ4v) is 6.35. The molecule has 1 saturated heterocycles. The molecule has 6 N–H and O–H groups in total. The zero-order chi connectivity index (χ0) is 26.7. The lowest BCUT2D eigenvalue weighted by molar-refractivity contribution is -0.122. The lowest BCUT2D eigenvalue weighted by Crippen LogP contribution is -2.51. The van der Waals surface area contributed by atoms with E-state index < -0.39 is 16.1 Å². The molecule has 38 heavy (non-hydrogen) atoms. The molecule has 1 amide bonds. The number of aromatic amines is 1. The van der Waals surface area contributed by atoms with E-state index in [-0.39, 0.29) is 29.1 Å². The number of nitrogens with one attached hydrogen (secondary N) is 4. The van der Waals surface area contributed by atoms with Gasteiger partial charge in [0.05, 0.1) is 4.90 Å². The van der Waals surface area contributed by atoms with Crippen LogP contribution in [-0.4, -0.2) is 55.8 Å². The molecule has 198 valence electrons. The number of fused-ring (bicyclic) bond motifs is 2. The zero-order valence-electron chi connectivity index (χ0n) is 21.0. The molecule has 1 aliphatic rings. The van der Waals surface area contributed by atoms with Crippen LogP contribution in [0.4, 0.5) is 0 Å². The van der Waals surface area contributed by atoms with Crippen LogP contribution in [0.1, 0.15) is 18.4 Å². The highest BCUT2D eigenvalue weighted by Crippen LogP contribution is 2.22. The first-order chi connectivity index (χ1) is 18.3. The van der Waals surface area contributed by atoms with E-state index in [1.165, 1.54) is 0 Å². The third-order valence-corrected chi connectivity index (χ3v) is 8.64. The normalized spacial score (nSPS) is 16.9. The van der Waals surface area contributed by atoms with Gasteiger partial charge in [-0.3, -0.25) is 10.2 Å². The molecule has 0 saturated carbocycles. The summed E-state index contributed by atoms with van der Waals surface area (Å²) in [6, 6.07) is 19.2. The first-order valence-corrected chi connectivity index (χ1v) is 14.2. The predicted molar refractivity (Wildman–Crippen MR) is 149 cm³/mol. The van der Waals surface area contributed by atoms with Crippen LogP contribution in [0.15, 0.2) is 77.8 Å². The van der Waals surface area contributed by atoms with Crippen molar-refractivity contribution in [3.8, 4) is 0 Å². The molecule has 0 bridgehead atoms. The van der Waals surface area contributed by atoms with E-state index in [1.807, 2.05) is 54.7 Å². The van der Waals surface area contributed by atoms with Gasteiger partial charge in [-0.25, -0.2) is 8.42 Å². The second kappa shape index (κ2) is 10.8. The Hall–Kier alpha value is -3.89. The van der Waals surface area contributed by atoms with Gasteiger partial charge < -0.3 is 20.9 Å². The average molecular weight is 533 g/mol. The Morgan fingerprint density at radius 2 is 1.87 bits per heavy atom. The maximum Gasteiger partial charge on any atom is 0.241 e. The van der Waals surface area contributed by atoms with Crippen molar-refractivity contribution in [1.82, 2.24) is 19.9 Å². The number of para-hydroxylation sites is 1. The summed E-state index contributed by atoms with van der Waals surface area (Å²) in [7, 11) is -3.99. The Labute approximate surface area is 222 Å². The SMILES string of the molecule is N=C(N)N1CCC[C@@H](CNC(=O)[C@@H](Cc2c[nH]c3ccccc23)NS(=O)(=O)c2ccc3ccccc3c2)C1. The lowest BCUT2D eigenvalue weighted by atomic mass is 9.98. The molecule has 1 aromatic heterocycles. The number of H-pyrrole nitrogens is 1. The van der Waals surface area contributed by atoms with Crippen LogP contribution in [0.25, 0.3) is 21.7 Å². The number of aromatic nitrogens is 1. The molecule has 1 aliphatic heterocycles. The maximum absolute atomic E-state index is 13.5. The van der Waals surface area contributed by atoms with E-state index >= 15 is 0 Å². The number of nitrogens with zero attached hydrogens (tertiary/aromatic N) is 1. The molecule has 10 heteroatoms. The minimum absolute atomic E-state index is 0.0291. The molecular formula is C28H32N6O3S. The predicted octanol–water partition coefficient (Wildman–Crippen LogP) is 2.93. The van der Waals surface area contributed by atoms with Gasteiger partial charge in [-0.05, 0) is 59.7 Å². The second-order valence-electron chi connectivity index (χ2n) is 9.83. The minimum atomic E-state index is -3.99. The Morgan fingerprint density at radius 1 is 1.11 bits per heavy atom. The fraction of sp³-hybridized carbons (Fsp3) is 0.286. The van der Waals surface area contributed by atoms with Crippen molar-refractivity contribution in [2.75, 3.05) is 19.6 Å². The number of hydrogen-bond acceptors (Lipinski definition) is 4. The van der Waals surface area contributed by atoms with E-state index in [0.717, 1.165) is 46.6 Å². The van der Waals surface area contributed by atoms with Gasteiger partial charge in [-0.15, -0.1) is 0 Å². The van der Waals surface area contributed by atoms with Crippen LogP contribution < -0.4 is 15.8 Å². The largest absolute Gasteiger partial charge is 0.370 e. The number of guanidine groups is 1. The summed E-state index contributed by atoms with van der Waals surface area (Å²) in [5.41, 5.74) is 7.43. The quantitative estimate of drug-likeness (QED) is 0.175. The van der Waals surface area contributed by atoms with Gasteiger partial charge in [0, 0.05) is 36.7 Å². The van der Waals surface area contributed by atoms with Crippen LogP contribution in [0.3, 0.4) is 0 Å². The number of carbonyl (C=O) groups is 1. The molecule has 2 atom stereocenters. The van der Waals surface area contributed by atoms with Crippen molar-refractivity contribution in [2.24, 2.45) is 11.7 Å². The molecule has 3 aromatic carbocycles. The monoisotopic (exact) mass is 532 g/mol. The third-order valence-electron chi connectivity index (χ3n) is 7.17. The number of sulfonamides is 1. The summed E-state index contributed by atoms with van der Waals surface area (Å²) in [6.45, 7) is 1.70.